The van der Waals surface area contributed by atoms with Crippen LogP contribution in [0.25, 0.3) is 0 Å². The Kier molecular flexibility index (Phi) is 6.58. The zero-order valence-corrected chi connectivity index (χ0v) is 11.7. The molecule has 1 aromatic carbocycles. The van der Waals surface area contributed by atoms with Gasteiger partial charge in [0.2, 0.25) is 0 Å². The van der Waals surface area contributed by atoms with E-state index in [0.717, 1.165) is 30.9 Å². The third kappa shape index (κ3) is 4.96. The van der Waals surface area contributed by atoms with Crippen LogP contribution in [0.3, 0.4) is 0 Å². The molecule has 0 spiro atoms. The zero-order chi connectivity index (χ0) is 13.4. The number of ether oxygens (including phenoxy) is 2. The molecule has 0 bridgehead atoms. The van der Waals surface area contributed by atoms with Gasteiger partial charge in [-0.2, -0.15) is 0 Å². The lowest BCUT2D eigenvalue weighted by molar-refractivity contribution is 0.253. The van der Waals surface area contributed by atoms with E-state index in [4.69, 9.17) is 15.2 Å². The summed E-state index contributed by atoms with van der Waals surface area (Å²) in [6.07, 6.45) is 2.15. The van der Waals surface area contributed by atoms with Crippen LogP contribution in [-0.2, 0) is 0 Å². The Labute approximate surface area is 110 Å². The highest BCUT2D eigenvalue weighted by Gasteiger charge is 2.10. The Morgan fingerprint density at radius 1 is 1.17 bits per heavy atom. The Hall–Kier alpha value is -1.22. The second kappa shape index (κ2) is 7.98. The fraction of sp³-hybridized carbons (Fsp3) is 0.600. The van der Waals surface area contributed by atoms with Crippen LogP contribution in [-0.4, -0.2) is 20.3 Å². The number of methoxy groups -OCH3 is 1. The van der Waals surface area contributed by atoms with Crippen molar-refractivity contribution in [3.63, 3.8) is 0 Å². The Bertz CT molecular complexity index is 339. The van der Waals surface area contributed by atoms with E-state index in [-0.39, 0.29) is 0 Å². The standard InChI is InChI=1S/C15H25NO2/c1-12(2)10-13(11-16)8-9-18-15-7-5-4-6-14(15)17-3/h4-7,12-13H,8-11,16H2,1-3H3. The van der Waals surface area contributed by atoms with Crippen LogP contribution < -0.4 is 15.2 Å². The van der Waals surface area contributed by atoms with Crippen molar-refractivity contribution in [3.05, 3.63) is 24.3 Å². The molecule has 0 aliphatic rings. The van der Waals surface area contributed by atoms with E-state index in [1.54, 1.807) is 7.11 Å². The molecule has 0 saturated heterocycles. The van der Waals surface area contributed by atoms with Crippen molar-refractivity contribution in [3.8, 4) is 11.5 Å². The van der Waals surface area contributed by atoms with Gasteiger partial charge in [-0.15, -0.1) is 0 Å². The summed E-state index contributed by atoms with van der Waals surface area (Å²) in [7, 11) is 1.66. The largest absolute Gasteiger partial charge is 0.493 e. The third-order valence-corrected chi connectivity index (χ3v) is 2.99. The minimum Gasteiger partial charge on any atom is -0.493 e. The van der Waals surface area contributed by atoms with Gasteiger partial charge in [-0.05, 0) is 43.4 Å². The average Bonchev–Trinajstić information content (AvgIpc) is 2.37. The van der Waals surface area contributed by atoms with Crippen LogP contribution in [0.15, 0.2) is 24.3 Å². The lowest BCUT2D eigenvalue weighted by Crippen LogP contribution is -2.19. The second-order valence-electron chi connectivity index (χ2n) is 5.02. The minimum atomic E-state index is 0.541. The van der Waals surface area contributed by atoms with Crippen molar-refractivity contribution < 1.29 is 9.47 Å². The molecule has 1 atom stereocenters. The zero-order valence-electron chi connectivity index (χ0n) is 11.7. The molecule has 3 nitrogen and oxygen atoms in total. The first kappa shape index (κ1) is 14.8. The van der Waals surface area contributed by atoms with Crippen LogP contribution >= 0.6 is 0 Å². The smallest absolute Gasteiger partial charge is 0.161 e. The van der Waals surface area contributed by atoms with E-state index in [2.05, 4.69) is 13.8 Å². The van der Waals surface area contributed by atoms with Gasteiger partial charge in [-0.1, -0.05) is 26.0 Å². The molecule has 0 fully saturated rings. The quantitative estimate of drug-likeness (QED) is 0.772. The highest BCUT2D eigenvalue weighted by molar-refractivity contribution is 5.39. The normalized spacial score (nSPS) is 12.5. The average molecular weight is 251 g/mol. The lowest BCUT2D eigenvalue weighted by atomic mass is 9.95. The van der Waals surface area contributed by atoms with Gasteiger partial charge in [0, 0.05) is 0 Å². The molecule has 102 valence electrons. The van der Waals surface area contributed by atoms with Gasteiger partial charge in [0.1, 0.15) is 0 Å². The second-order valence-corrected chi connectivity index (χ2v) is 5.02. The number of hydrogen-bond donors (Lipinski definition) is 1. The van der Waals surface area contributed by atoms with Gasteiger partial charge in [0.25, 0.3) is 0 Å². The molecule has 18 heavy (non-hydrogen) atoms. The van der Waals surface area contributed by atoms with Crippen molar-refractivity contribution in [2.45, 2.75) is 26.7 Å². The highest BCUT2D eigenvalue weighted by Crippen LogP contribution is 2.26. The van der Waals surface area contributed by atoms with Gasteiger partial charge in [0.05, 0.1) is 13.7 Å². The number of rotatable bonds is 8. The predicted octanol–water partition coefficient (Wildman–Crippen LogP) is 3.09. The van der Waals surface area contributed by atoms with Crippen LogP contribution in [0.4, 0.5) is 0 Å². The van der Waals surface area contributed by atoms with Gasteiger partial charge in [0.15, 0.2) is 11.5 Å². The van der Waals surface area contributed by atoms with E-state index in [1.165, 1.54) is 0 Å². The molecule has 0 aliphatic heterocycles. The van der Waals surface area contributed by atoms with Crippen molar-refractivity contribution in [2.75, 3.05) is 20.3 Å². The summed E-state index contributed by atoms with van der Waals surface area (Å²) < 4.78 is 11.0. The third-order valence-electron chi connectivity index (χ3n) is 2.99. The van der Waals surface area contributed by atoms with Gasteiger partial charge >= 0.3 is 0 Å². The molecule has 1 aromatic rings. The predicted molar refractivity (Wildman–Crippen MR) is 75.1 cm³/mol. The molecule has 0 saturated carbocycles. The lowest BCUT2D eigenvalue weighted by Gasteiger charge is -2.17. The fourth-order valence-electron chi connectivity index (χ4n) is 2.07. The first-order valence-corrected chi connectivity index (χ1v) is 6.63. The molecular formula is C15H25NO2. The SMILES string of the molecule is COc1ccccc1OCCC(CN)CC(C)C. The summed E-state index contributed by atoms with van der Waals surface area (Å²) in [4.78, 5) is 0. The molecular weight excluding hydrogens is 226 g/mol. The molecule has 3 heteroatoms. The number of para-hydroxylation sites is 2. The van der Waals surface area contributed by atoms with E-state index >= 15 is 0 Å². The number of benzene rings is 1. The molecule has 0 heterocycles. The van der Waals surface area contributed by atoms with E-state index < -0.39 is 0 Å². The maximum absolute atomic E-state index is 5.78. The molecule has 2 N–H and O–H groups in total. The number of hydrogen-bond acceptors (Lipinski definition) is 3. The van der Waals surface area contributed by atoms with E-state index in [1.807, 2.05) is 24.3 Å². The monoisotopic (exact) mass is 251 g/mol. The summed E-state index contributed by atoms with van der Waals surface area (Å²) in [5.74, 6) is 2.82. The van der Waals surface area contributed by atoms with Crippen molar-refractivity contribution in [2.24, 2.45) is 17.6 Å². The highest BCUT2D eigenvalue weighted by atomic mass is 16.5. The molecule has 1 rings (SSSR count). The summed E-state index contributed by atoms with van der Waals surface area (Å²) in [5.41, 5.74) is 5.78. The molecule has 0 amide bonds. The minimum absolute atomic E-state index is 0.541. The molecule has 1 unspecified atom stereocenters. The summed E-state index contributed by atoms with van der Waals surface area (Å²) in [6, 6.07) is 7.72. The van der Waals surface area contributed by atoms with Gasteiger partial charge in [-0.3, -0.25) is 0 Å². The molecule has 0 radical (unpaired) electrons. The maximum Gasteiger partial charge on any atom is 0.161 e. The summed E-state index contributed by atoms with van der Waals surface area (Å²) in [5, 5.41) is 0. The molecule has 0 aliphatic carbocycles. The number of nitrogens with two attached hydrogens (primary N) is 1. The Balaban J connectivity index is 2.40. The van der Waals surface area contributed by atoms with Crippen molar-refractivity contribution >= 4 is 0 Å². The first-order valence-electron chi connectivity index (χ1n) is 6.63. The van der Waals surface area contributed by atoms with Gasteiger partial charge in [-0.25, -0.2) is 0 Å². The fourth-order valence-corrected chi connectivity index (χ4v) is 2.07. The van der Waals surface area contributed by atoms with Crippen LogP contribution in [0.2, 0.25) is 0 Å². The molecule has 0 aromatic heterocycles. The van der Waals surface area contributed by atoms with Crippen molar-refractivity contribution in [1.29, 1.82) is 0 Å². The Morgan fingerprint density at radius 3 is 2.39 bits per heavy atom. The summed E-state index contributed by atoms with van der Waals surface area (Å²) >= 11 is 0. The van der Waals surface area contributed by atoms with Gasteiger partial charge < -0.3 is 15.2 Å². The first-order chi connectivity index (χ1) is 8.67. The van der Waals surface area contributed by atoms with E-state index in [9.17, 15) is 0 Å². The summed E-state index contributed by atoms with van der Waals surface area (Å²) in [6.45, 7) is 5.87. The van der Waals surface area contributed by atoms with E-state index in [0.29, 0.717) is 18.4 Å². The van der Waals surface area contributed by atoms with Crippen LogP contribution in [0, 0.1) is 11.8 Å². The van der Waals surface area contributed by atoms with Crippen molar-refractivity contribution in [1.82, 2.24) is 0 Å². The Morgan fingerprint density at radius 2 is 1.83 bits per heavy atom. The van der Waals surface area contributed by atoms with Crippen LogP contribution in [0.5, 0.6) is 11.5 Å². The van der Waals surface area contributed by atoms with Crippen LogP contribution in [0.1, 0.15) is 26.7 Å². The maximum atomic E-state index is 5.78. The topological polar surface area (TPSA) is 44.5 Å².